The molecule has 0 fully saturated rings. The summed E-state index contributed by atoms with van der Waals surface area (Å²) in [5.41, 5.74) is 4.77. The standard InChI is InChI=1S/C16H20/c1-5-9-15(13(3)6-2)12-16-11-8-7-10-14(16)4/h5-6,9-12H,2-3,7-8H2,1,4H3/b9-5-,15-12-. The highest BCUT2D eigenvalue weighted by molar-refractivity contribution is 5.52. The Balaban J connectivity index is 3.02. The van der Waals surface area contributed by atoms with Crippen LogP contribution < -0.4 is 0 Å². The van der Waals surface area contributed by atoms with Crippen molar-refractivity contribution in [3.8, 4) is 0 Å². The Bertz CT molecular complexity index is 398. The van der Waals surface area contributed by atoms with Crippen LogP contribution in [0.3, 0.4) is 0 Å². The zero-order valence-corrected chi connectivity index (χ0v) is 10.3. The highest BCUT2D eigenvalue weighted by Gasteiger charge is 2.03. The van der Waals surface area contributed by atoms with Gasteiger partial charge in [0.15, 0.2) is 0 Å². The molecule has 84 valence electrons. The molecule has 0 aromatic carbocycles. The summed E-state index contributed by atoms with van der Waals surface area (Å²) in [6, 6.07) is 0. The normalized spacial score (nSPS) is 17.0. The first-order valence-corrected chi connectivity index (χ1v) is 5.72. The molecule has 0 aliphatic heterocycles. The van der Waals surface area contributed by atoms with Crippen LogP contribution in [-0.4, -0.2) is 0 Å². The average Bonchev–Trinajstić information content (AvgIpc) is 2.30. The minimum absolute atomic E-state index is 0.970. The van der Waals surface area contributed by atoms with Crippen LogP contribution in [0.5, 0.6) is 0 Å². The summed E-state index contributed by atoms with van der Waals surface area (Å²) in [5.74, 6) is 0. The maximum atomic E-state index is 4.00. The molecule has 0 aromatic rings. The first kappa shape index (κ1) is 12.5. The maximum absolute atomic E-state index is 4.00. The molecular formula is C16H20. The van der Waals surface area contributed by atoms with E-state index in [0.717, 1.165) is 24.0 Å². The monoisotopic (exact) mass is 212 g/mol. The zero-order chi connectivity index (χ0) is 12.0. The number of rotatable bonds is 4. The van der Waals surface area contributed by atoms with Crippen molar-refractivity contribution in [2.75, 3.05) is 0 Å². The molecule has 0 radical (unpaired) electrons. The second kappa shape index (κ2) is 6.12. The first-order valence-electron chi connectivity index (χ1n) is 5.72. The van der Waals surface area contributed by atoms with E-state index in [1.807, 2.05) is 13.0 Å². The fourth-order valence-electron chi connectivity index (χ4n) is 1.70. The summed E-state index contributed by atoms with van der Waals surface area (Å²) in [4.78, 5) is 0. The van der Waals surface area contributed by atoms with E-state index in [4.69, 9.17) is 0 Å². The van der Waals surface area contributed by atoms with Crippen LogP contribution in [0.25, 0.3) is 0 Å². The summed E-state index contributed by atoms with van der Waals surface area (Å²) >= 11 is 0. The van der Waals surface area contributed by atoms with Gasteiger partial charge in [0.2, 0.25) is 0 Å². The predicted octanol–water partition coefficient (Wildman–Crippen LogP) is 4.90. The molecule has 0 unspecified atom stereocenters. The Morgan fingerprint density at radius 3 is 2.56 bits per heavy atom. The second-order valence-corrected chi connectivity index (χ2v) is 3.95. The molecule has 1 rings (SSSR count). The second-order valence-electron chi connectivity index (χ2n) is 3.95. The van der Waals surface area contributed by atoms with Crippen LogP contribution in [0.2, 0.25) is 0 Å². The van der Waals surface area contributed by atoms with Crippen molar-refractivity contribution in [3.05, 3.63) is 71.9 Å². The molecular weight excluding hydrogens is 192 g/mol. The van der Waals surface area contributed by atoms with E-state index in [2.05, 4.69) is 44.4 Å². The fraction of sp³-hybridized carbons (Fsp3) is 0.250. The van der Waals surface area contributed by atoms with Crippen molar-refractivity contribution in [1.29, 1.82) is 0 Å². The van der Waals surface area contributed by atoms with Gasteiger partial charge in [-0.2, -0.15) is 0 Å². The van der Waals surface area contributed by atoms with E-state index in [-0.39, 0.29) is 0 Å². The van der Waals surface area contributed by atoms with E-state index >= 15 is 0 Å². The van der Waals surface area contributed by atoms with E-state index in [9.17, 15) is 0 Å². The Hall–Kier alpha value is -1.56. The van der Waals surface area contributed by atoms with Crippen LogP contribution in [0.15, 0.2) is 71.9 Å². The third kappa shape index (κ3) is 3.23. The summed E-state index contributed by atoms with van der Waals surface area (Å²) in [5, 5.41) is 0. The molecule has 0 spiro atoms. The van der Waals surface area contributed by atoms with Gasteiger partial charge >= 0.3 is 0 Å². The highest BCUT2D eigenvalue weighted by atomic mass is 14.1. The van der Waals surface area contributed by atoms with Crippen molar-refractivity contribution < 1.29 is 0 Å². The minimum Gasteiger partial charge on any atom is -0.0985 e. The molecule has 1 aliphatic rings. The summed E-state index contributed by atoms with van der Waals surface area (Å²) < 4.78 is 0. The van der Waals surface area contributed by atoms with Gasteiger partial charge in [-0.15, -0.1) is 0 Å². The average molecular weight is 212 g/mol. The quantitative estimate of drug-likeness (QED) is 0.581. The molecule has 0 heteroatoms. The SMILES string of the molecule is C=CC(=C)C(/C=C\C)=C\C1=CCCC=C1C. The molecule has 0 N–H and O–H groups in total. The molecule has 0 saturated heterocycles. The van der Waals surface area contributed by atoms with Crippen molar-refractivity contribution in [1.82, 2.24) is 0 Å². The number of hydrogen-bond donors (Lipinski definition) is 0. The zero-order valence-electron chi connectivity index (χ0n) is 10.3. The molecule has 0 heterocycles. The summed E-state index contributed by atoms with van der Waals surface area (Å²) in [7, 11) is 0. The van der Waals surface area contributed by atoms with Gasteiger partial charge in [-0.05, 0) is 55.1 Å². The lowest BCUT2D eigenvalue weighted by atomic mass is 9.95. The molecule has 1 aliphatic carbocycles. The number of allylic oxidation sites excluding steroid dienone is 10. The Labute approximate surface area is 99.1 Å². The van der Waals surface area contributed by atoms with E-state index < -0.39 is 0 Å². The molecule has 16 heavy (non-hydrogen) atoms. The van der Waals surface area contributed by atoms with Crippen LogP contribution in [-0.2, 0) is 0 Å². The fourth-order valence-corrected chi connectivity index (χ4v) is 1.70. The lowest BCUT2D eigenvalue weighted by Gasteiger charge is -2.11. The van der Waals surface area contributed by atoms with Crippen molar-refractivity contribution in [2.45, 2.75) is 26.7 Å². The smallest absolute Gasteiger partial charge is 0.0188 e. The van der Waals surface area contributed by atoms with Crippen LogP contribution in [0, 0.1) is 0 Å². The van der Waals surface area contributed by atoms with Gasteiger partial charge in [0.1, 0.15) is 0 Å². The topological polar surface area (TPSA) is 0 Å². The van der Waals surface area contributed by atoms with Gasteiger partial charge < -0.3 is 0 Å². The van der Waals surface area contributed by atoms with Crippen LogP contribution in [0.4, 0.5) is 0 Å². The molecule has 0 saturated carbocycles. The van der Waals surface area contributed by atoms with Crippen molar-refractivity contribution in [3.63, 3.8) is 0 Å². The van der Waals surface area contributed by atoms with E-state index in [0.29, 0.717) is 0 Å². The summed E-state index contributed by atoms with van der Waals surface area (Å²) in [6.45, 7) is 11.9. The van der Waals surface area contributed by atoms with Crippen LogP contribution >= 0.6 is 0 Å². The number of hydrogen-bond acceptors (Lipinski definition) is 0. The molecule has 0 nitrogen and oxygen atoms in total. The first-order chi connectivity index (χ1) is 7.69. The molecule has 0 bridgehead atoms. The van der Waals surface area contributed by atoms with E-state index in [1.165, 1.54) is 11.1 Å². The van der Waals surface area contributed by atoms with Gasteiger partial charge in [0.25, 0.3) is 0 Å². The van der Waals surface area contributed by atoms with Gasteiger partial charge in [-0.3, -0.25) is 0 Å². The highest BCUT2D eigenvalue weighted by Crippen LogP contribution is 2.23. The molecule has 0 atom stereocenters. The third-order valence-corrected chi connectivity index (χ3v) is 2.71. The van der Waals surface area contributed by atoms with Gasteiger partial charge in [0, 0.05) is 0 Å². The molecule has 0 amide bonds. The van der Waals surface area contributed by atoms with Crippen LogP contribution in [0.1, 0.15) is 26.7 Å². The van der Waals surface area contributed by atoms with Gasteiger partial charge in [0.05, 0.1) is 0 Å². The van der Waals surface area contributed by atoms with Crippen molar-refractivity contribution >= 4 is 0 Å². The van der Waals surface area contributed by atoms with Gasteiger partial charge in [-0.25, -0.2) is 0 Å². The Morgan fingerprint density at radius 2 is 2.00 bits per heavy atom. The third-order valence-electron chi connectivity index (χ3n) is 2.71. The lowest BCUT2D eigenvalue weighted by Crippen LogP contribution is -1.91. The van der Waals surface area contributed by atoms with Gasteiger partial charge in [-0.1, -0.05) is 43.5 Å². The predicted molar refractivity (Wildman–Crippen MR) is 73.3 cm³/mol. The van der Waals surface area contributed by atoms with E-state index in [1.54, 1.807) is 6.08 Å². The Morgan fingerprint density at radius 1 is 1.31 bits per heavy atom. The molecule has 0 aromatic heterocycles. The largest absolute Gasteiger partial charge is 0.0985 e. The van der Waals surface area contributed by atoms with Crippen molar-refractivity contribution in [2.24, 2.45) is 0 Å². The minimum atomic E-state index is 0.970. The maximum Gasteiger partial charge on any atom is -0.0188 e. The Kier molecular flexibility index (Phi) is 4.78. The summed E-state index contributed by atoms with van der Waals surface area (Å²) in [6.07, 6.45) is 15.0. The lowest BCUT2D eigenvalue weighted by molar-refractivity contribution is 1.00.